The predicted molar refractivity (Wildman–Crippen MR) is 308 cm³/mol. The first-order valence-electron chi connectivity index (χ1n) is 29.4. The van der Waals surface area contributed by atoms with Gasteiger partial charge in [-0.1, -0.05) is 24.3 Å². The predicted octanol–water partition coefficient (Wildman–Crippen LogP) is -4.51. The van der Waals surface area contributed by atoms with Crippen LogP contribution < -0.4 is 48.7 Å². The van der Waals surface area contributed by atoms with Gasteiger partial charge >= 0.3 is 18.1 Å². The normalized spacial score (nSPS) is 20.9. The number of nitrogens with zero attached hydrogens (tertiary/aromatic N) is 3. The molecule has 5 rings (SSSR count). The number of aliphatic hydroxyl groups is 4. The minimum absolute atomic E-state index is 0.0135. The molecule has 0 radical (unpaired) electrons. The third-order valence-corrected chi connectivity index (χ3v) is 15.5. The number of aromatic hydroxyl groups is 2. The van der Waals surface area contributed by atoms with Crippen LogP contribution >= 0.6 is 0 Å². The Hall–Kier alpha value is -8.24. The molecule has 0 bridgehead atoms. The van der Waals surface area contributed by atoms with E-state index in [0.717, 1.165) is 21.6 Å². The number of aliphatic hydroxyl groups excluding tert-OH is 4. The zero-order valence-corrected chi connectivity index (χ0v) is 49.6. The molecule has 0 saturated carbocycles. The Bertz CT molecular complexity index is 2850. The van der Waals surface area contributed by atoms with Crippen molar-refractivity contribution in [3.05, 3.63) is 59.7 Å². The van der Waals surface area contributed by atoms with Crippen molar-refractivity contribution in [3.8, 4) is 11.5 Å². The molecule has 0 unspecified atom stereocenters. The van der Waals surface area contributed by atoms with Crippen LogP contribution in [0.1, 0.15) is 89.2 Å². The summed E-state index contributed by atoms with van der Waals surface area (Å²) < 4.78 is 38.1. The number of rotatable bonds is 31. The molecule has 90 heavy (non-hydrogen) atoms. The Balaban J connectivity index is 1.32. The van der Waals surface area contributed by atoms with E-state index in [2.05, 4.69) is 31.9 Å². The van der Waals surface area contributed by atoms with Gasteiger partial charge in [-0.15, -0.1) is 0 Å². The Morgan fingerprint density at radius 3 is 1.67 bits per heavy atom. The van der Waals surface area contributed by atoms with E-state index in [0.29, 0.717) is 24.0 Å². The number of likely N-dealkylation sites (tertiary alicyclic amines) is 3. The monoisotopic (exact) mass is 1280 g/mol. The number of carbonyl (C=O) groups excluding carboxylic acids is 10. The summed E-state index contributed by atoms with van der Waals surface area (Å²) in [5, 5.41) is 89.5. The van der Waals surface area contributed by atoms with E-state index in [4.69, 9.17) is 11.5 Å². The van der Waals surface area contributed by atoms with E-state index in [-0.39, 0.29) is 76.0 Å². The molecule has 0 aromatic heterocycles. The van der Waals surface area contributed by atoms with Gasteiger partial charge in [0, 0.05) is 51.9 Å². The van der Waals surface area contributed by atoms with E-state index in [9.17, 15) is 102 Å². The fourth-order valence-corrected chi connectivity index (χ4v) is 10.6. The fourth-order valence-electron chi connectivity index (χ4n) is 10.6. The molecule has 2 aromatic rings. The van der Waals surface area contributed by atoms with Gasteiger partial charge in [0.15, 0.2) is 0 Å². The summed E-state index contributed by atoms with van der Waals surface area (Å²) in [6.45, 7) is 0.130. The molecule has 30 nitrogen and oxygen atoms in total. The molecule has 3 fully saturated rings. The standard InChI is InChI=1S/C57H81F3N12O18/c1-29(62)46(79)64-37(8-4-6-20-63-56(90)57(58,59)60)52(85)70-21-7-10-42(70)49(82)68-41(28-73)48(81)67-40(23-32-13-17-34(76)18-14-32)53(86)72-27-36(78)25-44(72)54(87)71-26-35(77)24-43(71)50(83)69-45(30(2)74)51(84)66-39(22-31-11-15-33(75)16-12-31)47(80)65-38(55(88)89)9-3-5-19-61/h11-18,29-30,35-45,73-78H,3-10,19-28,61-62H2,1-2H3,(H,63,90)(H,64,79)(H,65,80)(H,66,84)(H,67,81)(H,68,82)(H,69,83)(H,88,89)/t29-,30+,35+,36+,37-,38-,39-,40-,41-,42-,43-,44-,45-/m0/s1. The minimum atomic E-state index is -5.13. The maximum Gasteiger partial charge on any atom is 0.471 e. The Morgan fingerprint density at radius 2 is 1.11 bits per heavy atom. The van der Waals surface area contributed by atoms with Crippen LogP contribution in [0.2, 0.25) is 0 Å². The van der Waals surface area contributed by atoms with E-state index < -0.39 is 189 Å². The molecule has 3 aliphatic heterocycles. The number of phenols is 2. The van der Waals surface area contributed by atoms with E-state index in [1.807, 2.05) is 0 Å². The van der Waals surface area contributed by atoms with Crippen LogP contribution in [0.25, 0.3) is 0 Å². The lowest BCUT2D eigenvalue weighted by Crippen LogP contribution is -2.61. The van der Waals surface area contributed by atoms with Gasteiger partial charge < -0.3 is 99.1 Å². The zero-order valence-electron chi connectivity index (χ0n) is 49.6. The van der Waals surface area contributed by atoms with Crippen molar-refractivity contribution in [2.75, 3.05) is 39.3 Å². The Kier molecular flexibility index (Phi) is 27.0. The fraction of sp³-hybridized carbons (Fsp3) is 0.596. The quantitative estimate of drug-likeness (QED) is 0.0316. The van der Waals surface area contributed by atoms with Crippen LogP contribution in [0, 0.1) is 0 Å². The third kappa shape index (κ3) is 20.7. The maximum atomic E-state index is 14.9. The molecule has 3 heterocycles. The first kappa shape index (κ1) is 72.5. The SMILES string of the molecule is C[C@H](N)C(=O)N[C@@H](CCCCNC(=O)C(F)(F)F)C(=O)N1CCC[C@H]1C(=O)N[C@@H](CO)C(=O)N[C@@H](Cc1ccc(O)cc1)C(=O)N1C[C@H](O)C[C@H]1C(=O)N1C[C@H](O)C[C@H]1C(=O)N[C@H](C(=O)N[C@@H](Cc1ccc(O)cc1)C(=O)N[C@@H](CCCCN)C(=O)O)[C@@H](C)O. The highest BCUT2D eigenvalue weighted by Crippen LogP contribution is 2.28. The summed E-state index contributed by atoms with van der Waals surface area (Å²) in [6, 6.07) is -4.41. The number of phenolic OH excluding ortho intramolecular Hbond substituents is 2. The van der Waals surface area contributed by atoms with Crippen molar-refractivity contribution < 1.29 is 102 Å². The molecule has 18 N–H and O–H groups in total. The minimum Gasteiger partial charge on any atom is -0.508 e. The molecular formula is C57H81F3N12O18. The highest BCUT2D eigenvalue weighted by atomic mass is 19.4. The Labute approximate surface area is 515 Å². The number of aliphatic carboxylic acids is 1. The molecule has 13 atom stereocenters. The highest BCUT2D eigenvalue weighted by Gasteiger charge is 2.49. The number of unbranched alkanes of at least 4 members (excludes halogenated alkanes) is 2. The number of hydrogen-bond donors (Lipinski definition) is 16. The number of carbonyl (C=O) groups is 11. The molecular weight excluding hydrogens is 1200 g/mol. The largest absolute Gasteiger partial charge is 0.508 e. The summed E-state index contributed by atoms with van der Waals surface area (Å²) in [4.78, 5) is 153. The van der Waals surface area contributed by atoms with Gasteiger partial charge in [-0.2, -0.15) is 13.2 Å². The maximum absolute atomic E-state index is 14.9. The summed E-state index contributed by atoms with van der Waals surface area (Å²) in [5.74, 6) is -12.7. The first-order chi connectivity index (χ1) is 42.4. The summed E-state index contributed by atoms with van der Waals surface area (Å²) >= 11 is 0. The van der Waals surface area contributed by atoms with Crippen molar-refractivity contribution in [1.82, 2.24) is 51.9 Å². The van der Waals surface area contributed by atoms with Gasteiger partial charge in [0.25, 0.3) is 0 Å². The smallest absolute Gasteiger partial charge is 0.471 e. The molecule has 3 saturated heterocycles. The van der Waals surface area contributed by atoms with E-state index in [1.165, 1.54) is 55.5 Å². The number of β-amino-alcohol motifs (C(OH)–C–C–N with tert-alkyl or cyclic N) is 2. The third-order valence-electron chi connectivity index (χ3n) is 15.5. The van der Waals surface area contributed by atoms with Crippen molar-refractivity contribution in [2.24, 2.45) is 11.5 Å². The van der Waals surface area contributed by atoms with Gasteiger partial charge in [-0.25, -0.2) is 4.79 Å². The number of carboxylic acids is 1. The van der Waals surface area contributed by atoms with Gasteiger partial charge in [0.2, 0.25) is 53.2 Å². The van der Waals surface area contributed by atoms with Gasteiger partial charge in [-0.05, 0) is 107 Å². The van der Waals surface area contributed by atoms with Crippen LogP contribution in [-0.2, 0) is 65.6 Å². The second kappa shape index (κ2) is 33.5. The lowest BCUT2D eigenvalue weighted by Gasteiger charge is -2.33. The second-order valence-corrected chi connectivity index (χ2v) is 22.6. The number of nitrogens with two attached hydrogens (primary N) is 2. The van der Waals surface area contributed by atoms with Gasteiger partial charge in [-0.3, -0.25) is 47.9 Å². The molecule has 2 aromatic carbocycles. The van der Waals surface area contributed by atoms with Crippen LogP contribution in [0.4, 0.5) is 13.2 Å². The molecule has 3 aliphatic rings. The molecule has 0 aliphatic carbocycles. The van der Waals surface area contributed by atoms with Crippen molar-refractivity contribution in [3.63, 3.8) is 0 Å². The number of amides is 10. The molecule has 498 valence electrons. The number of hydrogen-bond acceptors (Lipinski definition) is 19. The topological polar surface area (TPSA) is 475 Å². The second-order valence-electron chi connectivity index (χ2n) is 22.6. The lowest BCUT2D eigenvalue weighted by atomic mass is 10.0. The molecule has 33 heteroatoms. The number of alkyl halides is 3. The van der Waals surface area contributed by atoms with Crippen molar-refractivity contribution in [2.45, 2.75) is 176 Å². The average Bonchev–Trinajstić information content (AvgIpc) is 1.71. The van der Waals surface area contributed by atoms with Crippen LogP contribution in [0.15, 0.2) is 48.5 Å². The summed E-state index contributed by atoms with van der Waals surface area (Å²) in [7, 11) is 0. The zero-order chi connectivity index (χ0) is 66.7. The van der Waals surface area contributed by atoms with E-state index in [1.54, 1.807) is 5.32 Å². The lowest BCUT2D eigenvalue weighted by molar-refractivity contribution is -0.173. The van der Waals surface area contributed by atoms with Crippen LogP contribution in [0.3, 0.4) is 0 Å². The average molecular weight is 1280 g/mol. The number of benzene rings is 2. The van der Waals surface area contributed by atoms with Gasteiger partial charge in [0.05, 0.1) is 31.0 Å². The molecule has 10 amide bonds. The van der Waals surface area contributed by atoms with E-state index >= 15 is 0 Å². The summed E-state index contributed by atoms with van der Waals surface area (Å²) in [6.07, 6.45) is -10.3. The molecule has 0 spiro atoms. The summed E-state index contributed by atoms with van der Waals surface area (Å²) in [5.41, 5.74) is 12.0. The number of halogens is 3. The van der Waals surface area contributed by atoms with Crippen LogP contribution in [0.5, 0.6) is 11.5 Å². The van der Waals surface area contributed by atoms with Crippen LogP contribution in [-0.4, -0.2) is 240 Å². The van der Waals surface area contributed by atoms with Gasteiger partial charge in [0.1, 0.15) is 65.9 Å². The number of carboxylic acid groups (broad SMARTS) is 1. The number of nitrogens with one attached hydrogen (secondary N) is 7. The van der Waals surface area contributed by atoms with Crippen molar-refractivity contribution >= 4 is 65.0 Å². The Morgan fingerprint density at radius 1 is 0.611 bits per heavy atom. The van der Waals surface area contributed by atoms with Crippen molar-refractivity contribution in [1.29, 1.82) is 0 Å². The first-order valence-corrected chi connectivity index (χ1v) is 29.4. The highest BCUT2D eigenvalue weighted by molar-refractivity contribution is 5.99.